The Balaban J connectivity index is 3.31. The van der Waals surface area contributed by atoms with Gasteiger partial charge in [0.15, 0.2) is 0 Å². The molecule has 0 aliphatic carbocycles. The highest BCUT2D eigenvalue weighted by Gasteiger charge is 2.32. The van der Waals surface area contributed by atoms with Crippen molar-refractivity contribution in [3.05, 3.63) is 41.5 Å². The monoisotopic (exact) mass is 200 g/mol. The summed E-state index contributed by atoms with van der Waals surface area (Å²) in [4.78, 5) is 0. The SMILES string of the molecule is CC=C(C)c1ccccc1C(F)(F)F. The Morgan fingerprint density at radius 3 is 2.29 bits per heavy atom. The number of allylic oxidation sites excluding steroid dienone is 2. The minimum Gasteiger partial charge on any atom is -0.166 e. The number of hydrogen-bond acceptors (Lipinski definition) is 0. The lowest BCUT2D eigenvalue weighted by Crippen LogP contribution is -2.07. The van der Waals surface area contributed by atoms with E-state index in [0.29, 0.717) is 5.57 Å². The predicted octanol–water partition coefficient (Wildman–Crippen LogP) is 4.13. The molecule has 0 N–H and O–H groups in total. The molecular formula is C11H11F3. The molecule has 0 spiro atoms. The number of halogens is 3. The van der Waals surface area contributed by atoms with Crippen LogP contribution in [0.5, 0.6) is 0 Å². The Bertz CT molecular complexity index is 348. The molecule has 1 rings (SSSR count). The molecule has 0 atom stereocenters. The van der Waals surface area contributed by atoms with Gasteiger partial charge in [-0.05, 0) is 31.1 Å². The summed E-state index contributed by atoms with van der Waals surface area (Å²) in [6, 6.07) is 5.59. The average molecular weight is 200 g/mol. The predicted molar refractivity (Wildman–Crippen MR) is 50.8 cm³/mol. The van der Waals surface area contributed by atoms with Crippen LogP contribution in [-0.2, 0) is 6.18 Å². The van der Waals surface area contributed by atoms with Crippen LogP contribution in [0.15, 0.2) is 30.3 Å². The molecule has 0 fully saturated rings. The number of hydrogen-bond donors (Lipinski definition) is 0. The molecule has 0 saturated carbocycles. The van der Waals surface area contributed by atoms with Gasteiger partial charge in [-0.1, -0.05) is 24.3 Å². The maximum atomic E-state index is 12.5. The lowest BCUT2D eigenvalue weighted by atomic mass is 10.0. The third-order valence-corrected chi connectivity index (χ3v) is 2.09. The van der Waals surface area contributed by atoms with Crippen LogP contribution in [0.4, 0.5) is 13.2 Å². The van der Waals surface area contributed by atoms with Crippen LogP contribution in [0.1, 0.15) is 25.0 Å². The Morgan fingerprint density at radius 2 is 1.79 bits per heavy atom. The van der Waals surface area contributed by atoms with Gasteiger partial charge >= 0.3 is 6.18 Å². The van der Waals surface area contributed by atoms with Crippen molar-refractivity contribution in [2.24, 2.45) is 0 Å². The summed E-state index contributed by atoms with van der Waals surface area (Å²) in [5.74, 6) is 0. The molecule has 0 heterocycles. The van der Waals surface area contributed by atoms with Crippen LogP contribution < -0.4 is 0 Å². The van der Waals surface area contributed by atoms with Crippen molar-refractivity contribution in [1.82, 2.24) is 0 Å². The molecule has 3 heteroatoms. The molecule has 0 unspecified atom stereocenters. The standard InChI is InChI=1S/C11H11F3/c1-3-8(2)9-6-4-5-7-10(9)11(12,13)14/h3-7H,1-2H3. The molecule has 0 radical (unpaired) electrons. The third-order valence-electron chi connectivity index (χ3n) is 2.09. The van der Waals surface area contributed by atoms with E-state index in [9.17, 15) is 13.2 Å². The molecule has 1 aromatic rings. The van der Waals surface area contributed by atoms with E-state index in [2.05, 4.69) is 0 Å². The number of benzene rings is 1. The molecule has 0 aromatic heterocycles. The highest BCUT2D eigenvalue weighted by Crippen LogP contribution is 2.34. The molecular weight excluding hydrogens is 189 g/mol. The molecule has 76 valence electrons. The van der Waals surface area contributed by atoms with E-state index in [-0.39, 0.29) is 5.56 Å². The fourth-order valence-corrected chi connectivity index (χ4v) is 1.23. The molecule has 14 heavy (non-hydrogen) atoms. The van der Waals surface area contributed by atoms with Crippen molar-refractivity contribution < 1.29 is 13.2 Å². The van der Waals surface area contributed by atoms with E-state index >= 15 is 0 Å². The summed E-state index contributed by atoms with van der Waals surface area (Å²) in [7, 11) is 0. The summed E-state index contributed by atoms with van der Waals surface area (Å²) in [5.41, 5.74) is 0.316. The first-order valence-corrected chi connectivity index (χ1v) is 4.26. The molecule has 0 aliphatic rings. The van der Waals surface area contributed by atoms with E-state index in [1.54, 1.807) is 26.0 Å². The van der Waals surface area contributed by atoms with Crippen LogP contribution in [-0.4, -0.2) is 0 Å². The van der Waals surface area contributed by atoms with Crippen molar-refractivity contribution in [3.63, 3.8) is 0 Å². The smallest absolute Gasteiger partial charge is 0.166 e. The van der Waals surface area contributed by atoms with Crippen LogP contribution in [0.2, 0.25) is 0 Å². The summed E-state index contributed by atoms with van der Waals surface area (Å²) >= 11 is 0. The van der Waals surface area contributed by atoms with Crippen LogP contribution in [0, 0.1) is 0 Å². The Morgan fingerprint density at radius 1 is 1.21 bits per heavy atom. The topological polar surface area (TPSA) is 0 Å². The Kier molecular flexibility index (Phi) is 2.99. The van der Waals surface area contributed by atoms with Gasteiger partial charge in [0.05, 0.1) is 5.56 Å². The second kappa shape index (κ2) is 3.86. The molecule has 1 aromatic carbocycles. The highest BCUT2D eigenvalue weighted by atomic mass is 19.4. The number of alkyl halides is 3. The summed E-state index contributed by atoms with van der Waals surface area (Å²) in [5, 5.41) is 0. The van der Waals surface area contributed by atoms with Gasteiger partial charge < -0.3 is 0 Å². The first kappa shape index (κ1) is 10.8. The lowest BCUT2D eigenvalue weighted by Gasteiger charge is -2.12. The second-order valence-corrected chi connectivity index (χ2v) is 3.02. The summed E-state index contributed by atoms with van der Waals surface area (Å²) in [6.07, 6.45) is -2.61. The van der Waals surface area contributed by atoms with Gasteiger partial charge in [-0.2, -0.15) is 13.2 Å². The molecule has 0 amide bonds. The summed E-state index contributed by atoms with van der Waals surface area (Å²) in [6.45, 7) is 3.40. The Hall–Kier alpha value is -1.25. The van der Waals surface area contributed by atoms with Gasteiger partial charge in [-0.3, -0.25) is 0 Å². The molecule has 0 saturated heterocycles. The zero-order valence-electron chi connectivity index (χ0n) is 8.02. The van der Waals surface area contributed by atoms with Gasteiger partial charge in [-0.15, -0.1) is 0 Å². The van der Waals surface area contributed by atoms with Gasteiger partial charge in [0.2, 0.25) is 0 Å². The zero-order valence-corrected chi connectivity index (χ0v) is 8.02. The van der Waals surface area contributed by atoms with Gasteiger partial charge in [0.1, 0.15) is 0 Å². The molecule has 0 bridgehead atoms. The largest absolute Gasteiger partial charge is 0.416 e. The Labute approximate surface area is 81.1 Å². The minimum absolute atomic E-state index is 0.252. The van der Waals surface area contributed by atoms with E-state index < -0.39 is 11.7 Å². The lowest BCUT2D eigenvalue weighted by molar-refractivity contribution is -0.137. The molecule has 0 nitrogen and oxygen atoms in total. The fraction of sp³-hybridized carbons (Fsp3) is 0.273. The highest BCUT2D eigenvalue weighted by molar-refractivity contribution is 5.66. The normalized spacial score (nSPS) is 13.1. The minimum atomic E-state index is -4.28. The van der Waals surface area contributed by atoms with Crippen LogP contribution in [0.3, 0.4) is 0 Å². The van der Waals surface area contributed by atoms with Gasteiger partial charge in [0.25, 0.3) is 0 Å². The first-order chi connectivity index (χ1) is 6.46. The van der Waals surface area contributed by atoms with E-state index in [0.717, 1.165) is 6.07 Å². The van der Waals surface area contributed by atoms with Crippen LogP contribution in [0.25, 0.3) is 5.57 Å². The van der Waals surface area contributed by atoms with Crippen molar-refractivity contribution >= 4 is 5.57 Å². The summed E-state index contributed by atoms with van der Waals surface area (Å²) < 4.78 is 37.6. The maximum absolute atomic E-state index is 12.5. The van der Waals surface area contributed by atoms with Crippen molar-refractivity contribution in [2.45, 2.75) is 20.0 Å². The quantitative estimate of drug-likeness (QED) is 0.639. The van der Waals surface area contributed by atoms with Crippen molar-refractivity contribution in [3.8, 4) is 0 Å². The van der Waals surface area contributed by atoms with Gasteiger partial charge in [-0.25, -0.2) is 0 Å². The van der Waals surface area contributed by atoms with Crippen molar-refractivity contribution in [1.29, 1.82) is 0 Å². The average Bonchev–Trinajstić information content (AvgIpc) is 2.15. The zero-order chi connectivity index (χ0) is 10.8. The third kappa shape index (κ3) is 2.16. The fourth-order valence-electron chi connectivity index (χ4n) is 1.23. The van der Waals surface area contributed by atoms with E-state index in [4.69, 9.17) is 0 Å². The van der Waals surface area contributed by atoms with Gasteiger partial charge in [0, 0.05) is 0 Å². The second-order valence-electron chi connectivity index (χ2n) is 3.02. The molecule has 0 aliphatic heterocycles. The van der Waals surface area contributed by atoms with Crippen LogP contribution >= 0.6 is 0 Å². The van der Waals surface area contributed by atoms with Crippen molar-refractivity contribution in [2.75, 3.05) is 0 Å². The number of rotatable bonds is 1. The first-order valence-electron chi connectivity index (χ1n) is 4.26. The van der Waals surface area contributed by atoms with E-state index in [1.165, 1.54) is 12.1 Å². The van der Waals surface area contributed by atoms with E-state index in [1.807, 2.05) is 0 Å². The maximum Gasteiger partial charge on any atom is 0.416 e.